The minimum Gasteiger partial charge on any atom is -0.388 e. The fourth-order valence-electron chi connectivity index (χ4n) is 2.64. The highest BCUT2D eigenvalue weighted by molar-refractivity contribution is 5.95. The first-order valence-corrected chi connectivity index (χ1v) is 8.13. The third-order valence-electron chi connectivity index (χ3n) is 4.05. The van der Waals surface area contributed by atoms with Crippen molar-refractivity contribution in [3.05, 3.63) is 77.9 Å². The predicted molar refractivity (Wildman–Crippen MR) is 94.4 cm³/mol. The number of rotatable bonds is 6. The van der Waals surface area contributed by atoms with E-state index in [0.717, 1.165) is 16.9 Å². The highest BCUT2D eigenvalue weighted by Crippen LogP contribution is 2.16. The maximum absolute atomic E-state index is 12.4. The average molecular weight is 336 g/mol. The monoisotopic (exact) mass is 336 g/mol. The van der Waals surface area contributed by atoms with Crippen molar-refractivity contribution in [1.82, 2.24) is 20.1 Å². The molecule has 25 heavy (non-hydrogen) atoms. The van der Waals surface area contributed by atoms with E-state index >= 15 is 0 Å². The van der Waals surface area contributed by atoms with Gasteiger partial charge in [-0.3, -0.25) is 9.78 Å². The summed E-state index contributed by atoms with van der Waals surface area (Å²) < 4.78 is 1.70. The summed E-state index contributed by atoms with van der Waals surface area (Å²) in [5, 5.41) is 17.3. The third kappa shape index (κ3) is 3.92. The zero-order valence-corrected chi connectivity index (χ0v) is 14.0. The van der Waals surface area contributed by atoms with Gasteiger partial charge in [0.1, 0.15) is 0 Å². The van der Waals surface area contributed by atoms with Gasteiger partial charge in [-0.2, -0.15) is 5.10 Å². The Kier molecular flexibility index (Phi) is 5.20. The van der Waals surface area contributed by atoms with Crippen LogP contribution < -0.4 is 5.32 Å². The van der Waals surface area contributed by atoms with Gasteiger partial charge in [0.25, 0.3) is 5.91 Å². The van der Waals surface area contributed by atoms with E-state index < -0.39 is 6.10 Å². The van der Waals surface area contributed by atoms with Gasteiger partial charge in [-0.1, -0.05) is 30.3 Å². The highest BCUT2D eigenvalue weighted by atomic mass is 16.3. The summed E-state index contributed by atoms with van der Waals surface area (Å²) in [7, 11) is 0. The molecule has 6 nitrogen and oxygen atoms in total. The number of hydrogen-bond donors (Lipinski definition) is 2. The number of carbonyl (C=O) groups excluding carboxylic acids is 1. The average Bonchev–Trinajstić information content (AvgIpc) is 3.04. The number of nitrogens with zero attached hydrogens (tertiary/aromatic N) is 3. The summed E-state index contributed by atoms with van der Waals surface area (Å²) in [4.78, 5) is 16.4. The van der Waals surface area contributed by atoms with Gasteiger partial charge in [-0.15, -0.1) is 0 Å². The molecule has 0 saturated carbocycles. The molecule has 1 amide bonds. The second-order valence-electron chi connectivity index (χ2n) is 5.73. The molecule has 0 bridgehead atoms. The summed E-state index contributed by atoms with van der Waals surface area (Å²) >= 11 is 0. The lowest BCUT2D eigenvalue weighted by molar-refractivity contribution is 0.0942. The number of aliphatic hydroxyl groups excluding tert-OH is 1. The zero-order chi connectivity index (χ0) is 17.6. The van der Waals surface area contributed by atoms with Crippen molar-refractivity contribution in [2.24, 2.45) is 0 Å². The van der Waals surface area contributed by atoms with Crippen molar-refractivity contribution in [3.63, 3.8) is 0 Å². The largest absolute Gasteiger partial charge is 0.388 e. The Balaban J connectivity index is 1.60. The van der Waals surface area contributed by atoms with Crippen molar-refractivity contribution in [2.45, 2.75) is 19.4 Å². The molecule has 0 saturated heterocycles. The first-order chi connectivity index (χ1) is 12.2. The molecular formula is C19H20N4O2. The fraction of sp³-hybridized carbons (Fsp3) is 0.211. The number of benzene rings is 1. The molecule has 0 spiro atoms. The lowest BCUT2D eigenvalue weighted by atomic mass is 10.1. The smallest absolute Gasteiger partial charge is 0.254 e. The number of amides is 1. The van der Waals surface area contributed by atoms with Crippen LogP contribution in [0.3, 0.4) is 0 Å². The van der Waals surface area contributed by atoms with Crippen LogP contribution in [0.5, 0.6) is 0 Å². The highest BCUT2D eigenvalue weighted by Gasteiger charge is 2.15. The molecule has 0 radical (unpaired) electrons. The fourth-order valence-corrected chi connectivity index (χ4v) is 2.64. The maximum Gasteiger partial charge on any atom is 0.254 e. The first kappa shape index (κ1) is 16.9. The van der Waals surface area contributed by atoms with Gasteiger partial charge in [0.05, 0.1) is 29.2 Å². The topological polar surface area (TPSA) is 80.0 Å². The van der Waals surface area contributed by atoms with Crippen LogP contribution >= 0.6 is 0 Å². The molecule has 0 aliphatic rings. The van der Waals surface area contributed by atoms with Gasteiger partial charge in [-0.25, -0.2) is 4.68 Å². The van der Waals surface area contributed by atoms with Crippen LogP contribution in [0, 0.1) is 6.92 Å². The van der Waals surface area contributed by atoms with E-state index in [4.69, 9.17) is 0 Å². The Labute approximate surface area is 146 Å². The predicted octanol–water partition coefficient (Wildman–Crippen LogP) is 2.43. The number of pyridine rings is 1. The second kappa shape index (κ2) is 7.72. The van der Waals surface area contributed by atoms with Crippen LogP contribution in [0.1, 0.15) is 34.1 Å². The molecule has 1 unspecified atom stereocenters. The van der Waals surface area contributed by atoms with E-state index in [1.54, 1.807) is 23.3 Å². The summed E-state index contributed by atoms with van der Waals surface area (Å²) in [6.45, 7) is 2.23. The molecule has 2 N–H and O–H groups in total. The Bertz CT molecular complexity index is 831. The van der Waals surface area contributed by atoms with Crippen molar-refractivity contribution in [2.75, 3.05) is 6.54 Å². The molecule has 3 rings (SSSR count). The number of carbonyl (C=O) groups is 1. The number of aromatic nitrogens is 3. The van der Waals surface area contributed by atoms with Crippen LogP contribution in [0.15, 0.2) is 61.1 Å². The zero-order valence-electron chi connectivity index (χ0n) is 14.0. The van der Waals surface area contributed by atoms with Crippen molar-refractivity contribution >= 4 is 5.91 Å². The molecule has 1 aromatic carbocycles. The van der Waals surface area contributed by atoms with Gasteiger partial charge in [0.2, 0.25) is 0 Å². The molecule has 2 heterocycles. The van der Waals surface area contributed by atoms with Crippen LogP contribution in [0.2, 0.25) is 0 Å². The Morgan fingerprint density at radius 3 is 2.64 bits per heavy atom. The second-order valence-corrected chi connectivity index (χ2v) is 5.73. The van der Waals surface area contributed by atoms with E-state index in [2.05, 4.69) is 15.4 Å². The number of hydrogen-bond acceptors (Lipinski definition) is 4. The number of aliphatic hydroxyl groups is 1. The van der Waals surface area contributed by atoms with Gasteiger partial charge >= 0.3 is 0 Å². The lowest BCUT2D eigenvalue weighted by Gasteiger charge is -2.11. The minimum absolute atomic E-state index is 0.196. The maximum atomic E-state index is 12.4. The van der Waals surface area contributed by atoms with E-state index in [1.165, 1.54) is 0 Å². The Morgan fingerprint density at radius 2 is 1.92 bits per heavy atom. The third-order valence-corrected chi connectivity index (χ3v) is 4.05. The van der Waals surface area contributed by atoms with Crippen LogP contribution in [0.25, 0.3) is 5.69 Å². The van der Waals surface area contributed by atoms with Gasteiger partial charge in [0.15, 0.2) is 0 Å². The molecule has 1 atom stereocenters. The normalized spacial score (nSPS) is 11.9. The van der Waals surface area contributed by atoms with Crippen molar-refractivity contribution in [3.8, 4) is 5.69 Å². The molecule has 3 aromatic rings. The SMILES string of the molecule is Cc1c(C(=O)NCCC(O)c2ccccc2)cnn1-c1ccncc1. The summed E-state index contributed by atoms with van der Waals surface area (Å²) in [6.07, 6.45) is 4.77. The summed E-state index contributed by atoms with van der Waals surface area (Å²) in [6, 6.07) is 13.1. The van der Waals surface area contributed by atoms with Crippen molar-refractivity contribution < 1.29 is 9.90 Å². The molecule has 128 valence electrons. The van der Waals surface area contributed by atoms with Crippen molar-refractivity contribution in [1.29, 1.82) is 0 Å². The van der Waals surface area contributed by atoms with Gasteiger partial charge < -0.3 is 10.4 Å². The van der Waals surface area contributed by atoms with Crippen LogP contribution in [-0.4, -0.2) is 32.3 Å². The molecular weight excluding hydrogens is 316 g/mol. The minimum atomic E-state index is -0.595. The standard InChI is InChI=1S/C19H20N4O2/c1-14-17(13-22-23(14)16-7-10-20-11-8-16)19(25)21-12-9-18(24)15-5-3-2-4-6-15/h2-8,10-11,13,18,24H,9,12H2,1H3,(H,21,25). The quantitative estimate of drug-likeness (QED) is 0.724. The molecule has 0 aliphatic carbocycles. The van der Waals surface area contributed by atoms with Crippen LogP contribution in [0.4, 0.5) is 0 Å². The molecule has 0 aliphatic heterocycles. The van der Waals surface area contributed by atoms with E-state index in [9.17, 15) is 9.90 Å². The van der Waals surface area contributed by atoms with E-state index in [0.29, 0.717) is 18.5 Å². The molecule has 6 heteroatoms. The lowest BCUT2D eigenvalue weighted by Crippen LogP contribution is -2.26. The summed E-state index contributed by atoms with van der Waals surface area (Å²) in [5.41, 5.74) is 2.97. The molecule has 0 fully saturated rings. The van der Waals surface area contributed by atoms with Gasteiger partial charge in [-0.05, 0) is 31.0 Å². The first-order valence-electron chi connectivity index (χ1n) is 8.13. The Morgan fingerprint density at radius 1 is 1.20 bits per heavy atom. The summed E-state index contributed by atoms with van der Waals surface area (Å²) in [5.74, 6) is -0.196. The van der Waals surface area contributed by atoms with Crippen LogP contribution in [-0.2, 0) is 0 Å². The van der Waals surface area contributed by atoms with Gasteiger partial charge in [0, 0.05) is 18.9 Å². The Hall–Kier alpha value is -2.99. The number of nitrogens with one attached hydrogen (secondary N) is 1. The van der Waals surface area contributed by atoms with E-state index in [-0.39, 0.29) is 5.91 Å². The van der Waals surface area contributed by atoms with E-state index in [1.807, 2.05) is 49.4 Å². The molecule has 2 aromatic heterocycles.